The number of aryl methyl sites for hydroxylation is 1. The molecule has 0 atom stereocenters. The minimum Gasteiger partial charge on any atom is -0.392 e. The van der Waals surface area contributed by atoms with E-state index in [2.05, 4.69) is 11.4 Å². The lowest BCUT2D eigenvalue weighted by molar-refractivity contribution is 0.342. The van der Waals surface area contributed by atoms with E-state index in [1.54, 1.807) is 6.08 Å². The lowest BCUT2D eigenvalue weighted by atomic mass is 10.1. The van der Waals surface area contributed by atoms with Gasteiger partial charge in [-0.3, -0.25) is 0 Å². The number of aliphatic hydroxyl groups is 1. The second-order valence-electron chi connectivity index (χ2n) is 3.18. The highest BCUT2D eigenvalue weighted by atomic mass is 16.2. The third-order valence-electron chi connectivity index (χ3n) is 2.05. The smallest absolute Gasteiger partial charge is 0.0995 e. The Morgan fingerprint density at radius 2 is 2.27 bits per heavy atom. The number of nitrogens with one attached hydrogen (secondary N) is 1. The summed E-state index contributed by atoms with van der Waals surface area (Å²) in [4.78, 5) is 0. The van der Waals surface area contributed by atoms with E-state index in [9.17, 15) is 0 Å². The van der Waals surface area contributed by atoms with Crippen molar-refractivity contribution < 1.29 is 5.11 Å². The number of hydrogen-bond acceptors (Lipinski definition) is 3. The van der Waals surface area contributed by atoms with Crippen LogP contribution >= 0.6 is 0 Å². The molecule has 0 unspecified atom stereocenters. The number of rotatable bonds is 4. The first kappa shape index (κ1) is 11.3. The molecule has 0 aliphatic rings. The van der Waals surface area contributed by atoms with E-state index in [0.717, 1.165) is 11.3 Å². The standard InChI is InChI=1S/C12H14N2O/c1-10-4-5-12(8-11(10)9-13)14-6-2-3-7-15/h2-5,8,14-15H,6-7H2,1H3/b3-2+. The molecule has 1 aromatic carbocycles. The zero-order valence-electron chi connectivity index (χ0n) is 8.70. The molecule has 2 N–H and O–H groups in total. The molecule has 0 spiro atoms. The topological polar surface area (TPSA) is 56.0 Å². The number of nitriles is 1. The van der Waals surface area contributed by atoms with Gasteiger partial charge in [0.25, 0.3) is 0 Å². The average molecular weight is 202 g/mol. The summed E-state index contributed by atoms with van der Waals surface area (Å²) < 4.78 is 0. The first-order valence-electron chi connectivity index (χ1n) is 4.78. The van der Waals surface area contributed by atoms with Gasteiger partial charge in [-0.2, -0.15) is 5.26 Å². The summed E-state index contributed by atoms with van der Waals surface area (Å²) in [6.07, 6.45) is 3.51. The lowest BCUT2D eigenvalue weighted by Gasteiger charge is -2.04. The summed E-state index contributed by atoms with van der Waals surface area (Å²) in [5, 5.41) is 20.5. The molecule has 1 aromatic rings. The molecule has 15 heavy (non-hydrogen) atoms. The Hall–Kier alpha value is -1.79. The Balaban J connectivity index is 2.63. The molecule has 0 amide bonds. The van der Waals surface area contributed by atoms with Crippen LogP contribution in [0.1, 0.15) is 11.1 Å². The molecule has 3 heteroatoms. The van der Waals surface area contributed by atoms with Crippen LogP contribution in [0.5, 0.6) is 0 Å². The van der Waals surface area contributed by atoms with Crippen LogP contribution in [0.2, 0.25) is 0 Å². The maximum absolute atomic E-state index is 8.83. The highest BCUT2D eigenvalue weighted by molar-refractivity contribution is 5.52. The molecule has 0 aromatic heterocycles. The van der Waals surface area contributed by atoms with E-state index < -0.39 is 0 Å². The Morgan fingerprint density at radius 3 is 2.93 bits per heavy atom. The number of anilines is 1. The van der Waals surface area contributed by atoms with Gasteiger partial charge < -0.3 is 10.4 Å². The Morgan fingerprint density at radius 1 is 1.47 bits per heavy atom. The molecule has 0 bridgehead atoms. The van der Waals surface area contributed by atoms with Crippen LogP contribution in [-0.2, 0) is 0 Å². The monoisotopic (exact) mass is 202 g/mol. The summed E-state index contributed by atoms with van der Waals surface area (Å²) in [5.74, 6) is 0. The maximum atomic E-state index is 8.83. The average Bonchev–Trinajstić information content (AvgIpc) is 2.26. The van der Waals surface area contributed by atoms with Crippen LogP contribution in [0.3, 0.4) is 0 Å². The van der Waals surface area contributed by atoms with Crippen molar-refractivity contribution in [1.82, 2.24) is 0 Å². The van der Waals surface area contributed by atoms with E-state index in [1.807, 2.05) is 31.2 Å². The van der Waals surface area contributed by atoms with Crippen molar-refractivity contribution in [2.75, 3.05) is 18.5 Å². The van der Waals surface area contributed by atoms with Crippen molar-refractivity contribution in [2.24, 2.45) is 0 Å². The number of benzene rings is 1. The van der Waals surface area contributed by atoms with Crippen LogP contribution in [-0.4, -0.2) is 18.3 Å². The third kappa shape index (κ3) is 3.45. The zero-order chi connectivity index (χ0) is 11.1. The van der Waals surface area contributed by atoms with Gasteiger partial charge >= 0.3 is 0 Å². The van der Waals surface area contributed by atoms with E-state index in [-0.39, 0.29) is 6.61 Å². The lowest BCUT2D eigenvalue weighted by Crippen LogP contribution is -1.99. The molecular formula is C12H14N2O. The minimum atomic E-state index is 0.0546. The van der Waals surface area contributed by atoms with Gasteiger partial charge in [0.2, 0.25) is 0 Å². The molecule has 0 aliphatic heterocycles. The predicted molar refractivity (Wildman–Crippen MR) is 60.6 cm³/mol. The number of aliphatic hydroxyl groups excluding tert-OH is 1. The Bertz CT molecular complexity index is 391. The SMILES string of the molecule is Cc1ccc(NC/C=C/CO)cc1C#N. The molecule has 0 saturated heterocycles. The van der Waals surface area contributed by atoms with Crippen molar-refractivity contribution in [1.29, 1.82) is 5.26 Å². The van der Waals surface area contributed by atoms with Gasteiger partial charge in [0.05, 0.1) is 18.2 Å². The summed E-state index contributed by atoms with van der Waals surface area (Å²) in [7, 11) is 0. The van der Waals surface area contributed by atoms with Crippen LogP contribution in [0.15, 0.2) is 30.4 Å². The van der Waals surface area contributed by atoms with E-state index in [1.165, 1.54) is 0 Å². The van der Waals surface area contributed by atoms with Crippen molar-refractivity contribution in [2.45, 2.75) is 6.92 Å². The molecule has 78 valence electrons. The van der Waals surface area contributed by atoms with Gasteiger partial charge in [0.1, 0.15) is 0 Å². The van der Waals surface area contributed by atoms with E-state index in [0.29, 0.717) is 12.1 Å². The molecule has 0 saturated carbocycles. The first-order valence-corrected chi connectivity index (χ1v) is 4.78. The highest BCUT2D eigenvalue weighted by Crippen LogP contribution is 2.13. The van der Waals surface area contributed by atoms with Crippen LogP contribution in [0.4, 0.5) is 5.69 Å². The normalized spacial score (nSPS) is 10.2. The van der Waals surface area contributed by atoms with Crippen molar-refractivity contribution >= 4 is 5.69 Å². The fourth-order valence-electron chi connectivity index (χ4n) is 1.19. The second kappa shape index (κ2) is 5.84. The number of nitrogens with zero attached hydrogens (tertiary/aromatic N) is 1. The van der Waals surface area contributed by atoms with Crippen molar-refractivity contribution in [3.63, 3.8) is 0 Å². The molecule has 3 nitrogen and oxygen atoms in total. The van der Waals surface area contributed by atoms with E-state index in [4.69, 9.17) is 10.4 Å². The molecule has 0 aliphatic carbocycles. The third-order valence-corrected chi connectivity index (χ3v) is 2.05. The summed E-state index contributed by atoms with van der Waals surface area (Å²) in [6.45, 7) is 2.61. The van der Waals surface area contributed by atoms with Gasteiger partial charge in [-0.15, -0.1) is 0 Å². The Kier molecular flexibility index (Phi) is 4.39. The highest BCUT2D eigenvalue weighted by Gasteiger charge is 1.97. The quantitative estimate of drug-likeness (QED) is 0.732. The molecule has 0 heterocycles. The van der Waals surface area contributed by atoms with Crippen molar-refractivity contribution in [3.8, 4) is 6.07 Å². The van der Waals surface area contributed by atoms with Crippen molar-refractivity contribution in [3.05, 3.63) is 41.5 Å². The van der Waals surface area contributed by atoms with Gasteiger partial charge in [-0.05, 0) is 24.6 Å². The molecular weight excluding hydrogens is 188 g/mol. The predicted octanol–water partition coefficient (Wildman–Crippen LogP) is 1.83. The zero-order valence-corrected chi connectivity index (χ0v) is 8.70. The van der Waals surface area contributed by atoms with E-state index >= 15 is 0 Å². The molecule has 0 fully saturated rings. The maximum Gasteiger partial charge on any atom is 0.0995 e. The Labute approximate surface area is 89.7 Å². The van der Waals surface area contributed by atoms with Gasteiger partial charge in [-0.25, -0.2) is 0 Å². The van der Waals surface area contributed by atoms with Crippen LogP contribution < -0.4 is 5.32 Å². The number of hydrogen-bond donors (Lipinski definition) is 2. The minimum absolute atomic E-state index is 0.0546. The van der Waals surface area contributed by atoms with Gasteiger partial charge in [-0.1, -0.05) is 18.2 Å². The fraction of sp³-hybridized carbons (Fsp3) is 0.250. The van der Waals surface area contributed by atoms with Gasteiger partial charge in [0.15, 0.2) is 0 Å². The van der Waals surface area contributed by atoms with Crippen LogP contribution in [0.25, 0.3) is 0 Å². The fourth-order valence-corrected chi connectivity index (χ4v) is 1.19. The summed E-state index contributed by atoms with van der Waals surface area (Å²) >= 11 is 0. The van der Waals surface area contributed by atoms with Gasteiger partial charge in [0, 0.05) is 12.2 Å². The molecule has 1 rings (SSSR count). The molecule has 0 radical (unpaired) electrons. The van der Waals surface area contributed by atoms with Crippen LogP contribution in [0, 0.1) is 18.3 Å². The summed E-state index contributed by atoms with van der Waals surface area (Å²) in [6, 6.07) is 7.81. The first-order chi connectivity index (χ1) is 7.27. The second-order valence-corrected chi connectivity index (χ2v) is 3.18. The summed E-state index contributed by atoms with van der Waals surface area (Å²) in [5.41, 5.74) is 2.58. The largest absolute Gasteiger partial charge is 0.392 e.